The van der Waals surface area contributed by atoms with Crippen molar-refractivity contribution in [2.75, 3.05) is 46.9 Å². The Labute approximate surface area is 161 Å². The number of guanidine groups is 1. The summed E-state index contributed by atoms with van der Waals surface area (Å²) >= 11 is 1.81. The Hall–Kier alpha value is -0.380. The van der Waals surface area contributed by atoms with Crippen molar-refractivity contribution < 1.29 is 4.74 Å². The fraction of sp³-hybridized carbons (Fsp3) is 0.688. The third-order valence-corrected chi connectivity index (χ3v) is 4.19. The first-order valence-electron chi connectivity index (χ1n) is 7.90. The molecule has 0 fully saturated rings. The van der Waals surface area contributed by atoms with Crippen LogP contribution in [0.4, 0.5) is 0 Å². The zero-order valence-corrected chi connectivity index (χ0v) is 17.9. The number of likely N-dealkylation sites (N-methyl/N-ethyl adjacent to an activating group) is 1. The minimum atomic E-state index is 0. The molecule has 0 unspecified atom stereocenters. The van der Waals surface area contributed by atoms with Crippen molar-refractivity contribution in [3.63, 3.8) is 0 Å². The Bertz CT molecular complexity index is 439. The van der Waals surface area contributed by atoms with Crippen LogP contribution in [0.5, 0.6) is 0 Å². The molecule has 0 amide bonds. The maximum absolute atomic E-state index is 5.07. The predicted molar refractivity (Wildman–Crippen MR) is 111 cm³/mol. The van der Waals surface area contributed by atoms with Gasteiger partial charge in [-0.1, -0.05) is 0 Å². The Morgan fingerprint density at radius 2 is 2.09 bits per heavy atom. The molecule has 23 heavy (non-hydrogen) atoms. The summed E-state index contributed by atoms with van der Waals surface area (Å²) in [6, 6.07) is 4.29. The molecule has 134 valence electrons. The summed E-state index contributed by atoms with van der Waals surface area (Å²) in [6.07, 6.45) is 1.07. The highest BCUT2D eigenvalue weighted by atomic mass is 127. The van der Waals surface area contributed by atoms with E-state index in [9.17, 15) is 0 Å². The SMILES string of the molecule is CCNC(=NCc1ccc(C)s1)NCCN(C)CCCOC.I. The van der Waals surface area contributed by atoms with Crippen molar-refractivity contribution in [3.05, 3.63) is 21.9 Å². The first kappa shape index (κ1) is 22.6. The Morgan fingerprint density at radius 3 is 2.70 bits per heavy atom. The molecule has 7 heteroatoms. The van der Waals surface area contributed by atoms with Crippen LogP contribution in [-0.4, -0.2) is 57.8 Å². The van der Waals surface area contributed by atoms with Crippen LogP contribution in [-0.2, 0) is 11.3 Å². The molecule has 0 aliphatic rings. The summed E-state index contributed by atoms with van der Waals surface area (Å²) in [4.78, 5) is 9.57. The van der Waals surface area contributed by atoms with Gasteiger partial charge in [0.15, 0.2) is 5.96 Å². The quantitative estimate of drug-likeness (QED) is 0.247. The van der Waals surface area contributed by atoms with E-state index in [4.69, 9.17) is 4.74 Å². The summed E-state index contributed by atoms with van der Waals surface area (Å²) in [5, 5.41) is 6.68. The molecular formula is C16H31IN4OS. The van der Waals surface area contributed by atoms with Crippen molar-refractivity contribution >= 4 is 41.3 Å². The third kappa shape index (κ3) is 10.9. The maximum atomic E-state index is 5.07. The van der Waals surface area contributed by atoms with Gasteiger partial charge < -0.3 is 20.3 Å². The second kappa shape index (κ2) is 14.0. The summed E-state index contributed by atoms with van der Waals surface area (Å²) in [6.45, 7) is 9.57. The number of hydrogen-bond donors (Lipinski definition) is 2. The van der Waals surface area contributed by atoms with Crippen LogP contribution in [0.3, 0.4) is 0 Å². The van der Waals surface area contributed by atoms with E-state index in [0.717, 1.165) is 51.7 Å². The van der Waals surface area contributed by atoms with Gasteiger partial charge in [0.05, 0.1) is 6.54 Å². The number of thiophene rings is 1. The fourth-order valence-corrected chi connectivity index (χ4v) is 2.84. The number of aliphatic imine (C=N–C) groups is 1. The van der Waals surface area contributed by atoms with Crippen molar-refractivity contribution in [1.29, 1.82) is 0 Å². The van der Waals surface area contributed by atoms with E-state index >= 15 is 0 Å². The molecule has 0 saturated carbocycles. The van der Waals surface area contributed by atoms with Gasteiger partial charge in [-0.2, -0.15) is 0 Å². The molecule has 0 aliphatic carbocycles. The molecule has 0 bridgehead atoms. The standard InChI is InChI=1S/C16H30N4OS.HI/c1-5-17-16(19-13-15-8-7-14(2)22-15)18-9-11-20(3)10-6-12-21-4;/h7-8H,5-6,9-13H2,1-4H3,(H2,17,18,19);1H. The van der Waals surface area contributed by atoms with E-state index in [2.05, 4.69) is 53.6 Å². The molecular weight excluding hydrogens is 423 g/mol. The number of nitrogens with one attached hydrogen (secondary N) is 2. The lowest BCUT2D eigenvalue weighted by atomic mass is 10.4. The third-order valence-electron chi connectivity index (χ3n) is 3.21. The lowest BCUT2D eigenvalue weighted by Gasteiger charge is -2.18. The van der Waals surface area contributed by atoms with E-state index in [0.29, 0.717) is 0 Å². The highest BCUT2D eigenvalue weighted by Gasteiger charge is 2.01. The number of halogens is 1. The van der Waals surface area contributed by atoms with Gasteiger partial charge in [-0.3, -0.25) is 0 Å². The smallest absolute Gasteiger partial charge is 0.191 e. The van der Waals surface area contributed by atoms with Crippen LogP contribution in [0.25, 0.3) is 0 Å². The van der Waals surface area contributed by atoms with Crippen molar-refractivity contribution in [2.24, 2.45) is 4.99 Å². The number of ether oxygens (including phenoxy) is 1. The second-order valence-corrected chi connectivity index (χ2v) is 6.66. The van der Waals surface area contributed by atoms with Gasteiger partial charge in [-0.25, -0.2) is 4.99 Å². The number of aryl methyl sites for hydroxylation is 1. The number of hydrogen-bond acceptors (Lipinski definition) is 4. The van der Waals surface area contributed by atoms with E-state index in [1.807, 2.05) is 0 Å². The van der Waals surface area contributed by atoms with Gasteiger partial charge >= 0.3 is 0 Å². The number of methoxy groups -OCH3 is 1. The number of rotatable bonds is 10. The molecule has 5 nitrogen and oxygen atoms in total. The second-order valence-electron chi connectivity index (χ2n) is 5.28. The number of nitrogens with zero attached hydrogens (tertiary/aromatic N) is 2. The summed E-state index contributed by atoms with van der Waals surface area (Å²) < 4.78 is 5.07. The Balaban J connectivity index is 0.00000484. The van der Waals surface area contributed by atoms with Crippen LogP contribution in [0.2, 0.25) is 0 Å². The van der Waals surface area contributed by atoms with Crippen molar-refractivity contribution in [3.8, 4) is 0 Å². The van der Waals surface area contributed by atoms with Crippen LogP contribution < -0.4 is 10.6 Å². The first-order valence-corrected chi connectivity index (χ1v) is 8.72. The summed E-state index contributed by atoms with van der Waals surface area (Å²) in [5.74, 6) is 0.888. The Morgan fingerprint density at radius 1 is 1.30 bits per heavy atom. The van der Waals surface area contributed by atoms with Gasteiger partial charge in [0.2, 0.25) is 0 Å². The minimum Gasteiger partial charge on any atom is -0.385 e. The predicted octanol–water partition coefficient (Wildman–Crippen LogP) is 2.70. The first-order chi connectivity index (χ1) is 10.7. The zero-order chi connectivity index (χ0) is 16.2. The molecule has 1 aromatic rings. The largest absolute Gasteiger partial charge is 0.385 e. The van der Waals surface area contributed by atoms with E-state index in [1.54, 1.807) is 18.4 Å². The molecule has 0 spiro atoms. The highest BCUT2D eigenvalue weighted by molar-refractivity contribution is 14.0. The maximum Gasteiger partial charge on any atom is 0.191 e. The molecule has 0 radical (unpaired) electrons. The molecule has 2 N–H and O–H groups in total. The molecule has 0 atom stereocenters. The van der Waals surface area contributed by atoms with E-state index in [-0.39, 0.29) is 24.0 Å². The van der Waals surface area contributed by atoms with Crippen LogP contribution in [0.15, 0.2) is 17.1 Å². The zero-order valence-electron chi connectivity index (χ0n) is 14.7. The highest BCUT2D eigenvalue weighted by Crippen LogP contribution is 2.15. The lowest BCUT2D eigenvalue weighted by molar-refractivity contribution is 0.180. The molecule has 0 aromatic carbocycles. The average Bonchev–Trinajstić information content (AvgIpc) is 2.91. The molecule has 1 heterocycles. The van der Waals surface area contributed by atoms with Gasteiger partial charge in [-0.05, 0) is 39.4 Å². The van der Waals surface area contributed by atoms with Gasteiger partial charge in [0.1, 0.15) is 0 Å². The van der Waals surface area contributed by atoms with E-state index < -0.39 is 0 Å². The topological polar surface area (TPSA) is 48.9 Å². The normalized spacial score (nSPS) is 11.4. The molecule has 1 rings (SSSR count). The average molecular weight is 454 g/mol. The van der Waals surface area contributed by atoms with Gasteiger partial charge in [-0.15, -0.1) is 35.3 Å². The summed E-state index contributed by atoms with van der Waals surface area (Å²) in [5.41, 5.74) is 0. The minimum absolute atomic E-state index is 0. The lowest BCUT2D eigenvalue weighted by Crippen LogP contribution is -2.41. The molecule has 1 aromatic heterocycles. The van der Waals surface area contributed by atoms with Crippen molar-refractivity contribution in [2.45, 2.75) is 26.8 Å². The van der Waals surface area contributed by atoms with Crippen LogP contribution >= 0.6 is 35.3 Å². The monoisotopic (exact) mass is 454 g/mol. The van der Waals surface area contributed by atoms with Gasteiger partial charge in [0, 0.05) is 49.6 Å². The summed E-state index contributed by atoms with van der Waals surface area (Å²) in [7, 11) is 3.88. The Kier molecular flexibility index (Phi) is 13.8. The van der Waals surface area contributed by atoms with Crippen molar-refractivity contribution in [1.82, 2.24) is 15.5 Å². The van der Waals surface area contributed by atoms with Gasteiger partial charge in [0.25, 0.3) is 0 Å². The van der Waals surface area contributed by atoms with Crippen LogP contribution in [0.1, 0.15) is 23.1 Å². The fourth-order valence-electron chi connectivity index (χ4n) is 2.02. The molecule has 0 saturated heterocycles. The molecule has 0 aliphatic heterocycles. The van der Waals surface area contributed by atoms with E-state index in [1.165, 1.54) is 9.75 Å². The van der Waals surface area contributed by atoms with Crippen LogP contribution in [0, 0.1) is 6.92 Å².